The quantitative estimate of drug-likeness (QED) is 0.697. The summed E-state index contributed by atoms with van der Waals surface area (Å²) >= 11 is 0. The van der Waals surface area contributed by atoms with E-state index < -0.39 is 0 Å². The number of hydrogen-bond donors (Lipinski definition) is 0. The predicted molar refractivity (Wildman–Crippen MR) is 105 cm³/mol. The van der Waals surface area contributed by atoms with Crippen molar-refractivity contribution in [1.29, 1.82) is 0 Å². The van der Waals surface area contributed by atoms with Crippen molar-refractivity contribution in [2.24, 2.45) is 5.92 Å². The Morgan fingerprint density at radius 3 is 2.37 bits per heavy atom. The van der Waals surface area contributed by atoms with Gasteiger partial charge in [0.25, 0.3) is 17.7 Å². The maximum atomic E-state index is 13.0. The number of rotatable bonds is 4. The first kappa shape index (κ1) is 19.7. The molecule has 3 fully saturated rings. The molecule has 4 aliphatic heterocycles. The first-order valence-corrected chi connectivity index (χ1v) is 10.8. The van der Waals surface area contributed by atoms with Gasteiger partial charge in [-0.05, 0) is 43.9 Å². The summed E-state index contributed by atoms with van der Waals surface area (Å²) in [7, 11) is 0. The average Bonchev–Trinajstić information content (AvgIpc) is 3.53. The van der Waals surface area contributed by atoms with Crippen molar-refractivity contribution in [3.05, 3.63) is 34.9 Å². The lowest BCUT2D eigenvalue weighted by molar-refractivity contribution is -0.0956. The second-order valence-corrected chi connectivity index (χ2v) is 8.36. The second-order valence-electron chi connectivity index (χ2n) is 8.36. The molecule has 0 aliphatic carbocycles. The van der Waals surface area contributed by atoms with Crippen molar-refractivity contribution >= 4 is 17.7 Å². The lowest BCUT2D eigenvalue weighted by Gasteiger charge is -2.34. The van der Waals surface area contributed by atoms with Crippen LogP contribution in [-0.2, 0) is 14.2 Å². The van der Waals surface area contributed by atoms with E-state index >= 15 is 0 Å². The molecule has 8 heteroatoms. The Kier molecular flexibility index (Phi) is 5.30. The molecule has 3 saturated heterocycles. The summed E-state index contributed by atoms with van der Waals surface area (Å²) in [6, 6.07) is 4.82. The Bertz CT molecular complexity index is 851. The number of imide groups is 1. The van der Waals surface area contributed by atoms with Gasteiger partial charge in [-0.3, -0.25) is 19.3 Å². The van der Waals surface area contributed by atoms with E-state index in [9.17, 15) is 14.4 Å². The minimum absolute atomic E-state index is 0.0950. The lowest BCUT2D eigenvalue weighted by atomic mass is 9.95. The second kappa shape index (κ2) is 8.09. The molecule has 0 N–H and O–H groups in total. The summed E-state index contributed by atoms with van der Waals surface area (Å²) in [5.74, 6) is -0.444. The van der Waals surface area contributed by atoms with Gasteiger partial charge in [-0.2, -0.15) is 0 Å². The Hall–Kier alpha value is -2.29. The monoisotopic (exact) mass is 414 g/mol. The van der Waals surface area contributed by atoms with Gasteiger partial charge in [-0.1, -0.05) is 0 Å². The third kappa shape index (κ3) is 3.53. The largest absolute Gasteiger partial charge is 0.376 e. The van der Waals surface area contributed by atoms with Crippen LogP contribution in [0.15, 0.2) is 18.2 Å². The zero-order valence-corrected chi connectivity index (χ0v) is 16.9. The van der Waals surface area contributed by atoms with Gasteiger partial charge in [0.1, 0.15) is 0 Å². The third-order valence-corrected chi connectivity index (χ3v) is 6.49. The fraction of sp³-hybridized carbons (Fsp3) is 0.591. The minimum atomic E-state index is -0.339. The van der Waals surface area contributed by atoms with Gasteiger partial charge in [-0.25, -0.2) is 0 Å². The molecule has 1 unspecified atom stereocenters. The van der Waals surface area contributed by atoms with Gasteiger partial charge in [-0.15, -0.1) is 0 Å². The number of nitrogens with zero attached hydrogens (tertiary/aromatic N) is 2. The van der Waals surface area contributed by atoms with E-state index in [0.29, 0.717) is 55.5 Å². The van der Waals surface area contributed by atoms with Gasteiger partial charge in [0, 0.05) is 31.2 Å². The van der Waals surface area contributed by atoms with E-state index in [4.69, 9.17) is 14.2 Å². The summed E-state index contributed by atoms with van der Waals surface area (Å²) in [4.78, 5) is 41.6. The number of amides is 3. The smallest absolute Gasteiger partial charge is 0.261 e. The van der Waals surface area contributed by atoms with Crippen LogP contribution in [-0.4, -0.2) is 79.4 Å². The van der Waals surface area contributed by atoms with Crippen LogP contribution in [0.5, 0.6) is 0 Å². The number of piperidine rings is 1. The minimum Gasteiger partial charge on any atom is -0.376 e. The van der Waals surface area contributed by atoms with E-state index in [1.165, 1.54) is 4.90 Å². The Balaban J connectivity index is 1.26. The third-order valence-electron chi connectivity index (χ3n) is 6.49. The number of fused-ring (bicyclic) bond motifs is 1. The Morgan fingerprint density at radius 2 is 1.67 bits per heavy atom. The topological polar surface area (TPSA) is 85.4 Å². The van der Waals surface area contributed by atoms with Crippen molar-refractivity contribution in [2.75, 3.05) is 39.5 Å². The van der Waals surface area contributed by atoms with Gasteiger partial charge in [0.2, 0.25) is 0 Å². The van der Waals surface area contributed by atoms with Crippen LogP contribution in [0.2, 0.25) is 0 Å². The molecule has 0 aromatic heterocycles. The number of carbonyl (C=O) groups is 3. The fourth-order valence-corrected chi connectivity index (χ4v) is 4.79. The summed E-state index contributed by atoms with van der Waals surface area (Å²) in [6.07, 6.45) is 3.21. The highest BCUT2D eigenvalue weighted by molar-refractivity contribution is 6.22. The summed E-state index contributed by atoms with van der Waals surface area (Å²) in [5.41, 5.74) is 1.12. The molecule has 0 saturated carbocycles. The van der Waals surface area contributed by atoms with Crippen molar-refractivity contribution in [3.8, 4) is 0 Å². The van der Waals surface area contributed by atoms with Crippen molar-refractivity contribution in [3.63, 3.8) is 0 Å². The van der Waals surface area contributed by atoms with E-state index in [1.54, 1.807) is 23.1 Å². The lowest BCUT2D eigenvalue weighted by Crippen LogP contribution is -2.41. The highest BCUT2D eigenvalue weighted by atomic mass is 16.7. The molecule has 30 heavy (non-hydrogen) atoms. The van der Waals surface area contributed by atoms with E-state index in [2.05, 4.69) is 0 Å². The van der Waals surface area contributed by atoms with Crippen molar-refractivity contribution in [2.45, 2.75) is 38.1 Å². The van der Waals surface area contributed by atoms with Crippen LogP contribution in [0.1, 0.15) is 56.8 Å². The highest BCUT2D eigenvalue weighted by Gasteiger charge is 2.38. The molecule has 1 aromatic carbocycles. The predicted octanol–water partition coefficient (Wildman–Crippen LogP) is 1.69. The molecule has 3 amide bonds. The Morgan fingerprint density at radius 1 is 0.933 bits per heavy atom. The maximum Gasteiger partial charge on any atom is 0.261 e. The molecule has 4 aliphatic rings. The van der Waals surface area contributed by atoms with Crippen LogP contribution in [0.25, 0.3) is 0 Å². The summed E-state index contributed by atoms with van der Waals surface area (Å²) in [6.45, 7) is 3.46. The molecule has 0 bridgehead atoms. The normalized spacial score (nSPS) is 25.4. The summed E-state index contributed by atoms with van der Waals surface area (Å²) in [5, 5.41) is 0. The number of carbonyl (C=O) groups excluding carboxylic acids is 3. The highest BCUT2D eigenvalue weighted by Crippen LogP contribution is 2.29. The average molecular weight is 414 g/mol. The number of likely N-dealkylation sites (tertiary alicyclic amines) is 1. The zero-order chi connectivity index (χ0) is 20.7. The number of hydrogen-bond acceptors (Lipinski definition) is 6. The van der Waals surface area contributed by atoms with Gasteiger partial charge >= 0.3 is 0 Å². The molecule has 8 nitrogen and oxygen atoms in total. The molecule has 0 radical (unpaired) electrons. The van der Waals surface area contributed by atoms with E-state index in [0.717, 1.165) is 25.7 Å². The first-order valence-electron chi connectivity index (χ1n) is 10.8. The van der Waals surface area contributed by atoms with Crippen molar-refractivity contribution in [1.82, 2.24) is 9.80 Å². The molecule has 1 atom stereocenters. The maximum absolute atomic E-state index is 13.0. The number of benzene rings is 1. The molecular weight excluding hydrogens is 388 g/mol. The standard InChI is InChI=1S/C22H26N2O6/c25-19(23-7-5-14(6-8-23)22-29-10-11-30-22)15-3-4-17-18(12-15)21(27)24(20(17)26)13-16-2-1-9-28-16/h3-4,12,14,16,22H,1-2,5-11,13H2. The van der Waals surface area contributed by atoms with E-state index in [1.807, 2.05) is 0 Å². The first-order chi connectivity index (χ1) is 14.6. The molecule has 4 heterocycles. The van der Waals surface area contributed by atoms with Gasteiger partial charge < -0.3 is 19.1 Å². The Labute approximate surface area is 175 Å². The van der Waals surface area contributed by atoms with Crippen molar-refractivity contribution < 1.29 is 28.6 Å². The number of ether oxygens (including phenoxy) is 3. The van der Waals surface area contributed by atoms with Crippen LogP contribution in [0.4, 0.5) is 0 Å². The summed E-state index contributed by atoms with van der Waals surface area (Å²) < 4.78 is 16.8. The molecule has 0 spiro atoms. The molecule has 160 valence electrons. The van der Waals surface area contributed by atoms with E-state index in [-0.39, 0.29) is 36.7 Å². The van der Waals surface area contributed by atoms with Crippen LogP contribution < -0.4 is 0 Å². The SMILES string of the molecule is O=C(c1ccc2c(c1)C(=O)N(CC1CCCO1)C2=O)N1CCC(C2OCCO2)CC1. The molecule has 5 rings (SSSR count). The molecule has 1 aromatic rings. The van der Waals surface area contributed by atoms with Gasteiger partial charge in [0.15, 0.2) is 6.29 Å². The fourth-order valence-electron chi connectivity index (χ4n) is 4.79. The van der Waals surface area contributed by atoms with Crippen LogP contribution >= 0.6 is 0 Å². The van der Waals surface area contributed by atoms with Gasteiger partial charge in [0.05, 0.1) is 37.0 Å². The molecular formula is C22H26N2O6. The van der Waals surface area contributed by atoms with Crippen LogP contribution in [0.3, 0.4) is 0 Å². The van der Waals surface area contributed by atoms with Crippen LogP contribution in [0, 0.1) is 5.92 Å². The zero-order valence-electron chi connectivity index (χ0n) is 16.9.